The second-order valence-electron chi connectivity index (χ2n) is 10.3. The highest BCUT2D eigenvalue weighted by Crippen LogP contribution is 2.36. The van der Waals surface area contributed by atoms with Crippen LogP contribution in [-0.2, 0) is 13.5 Å². The highest BCUT2D eigenvalue weighted by molar-refractivity contribution is 5.94. The van der Waals surface area contributed by atoms with Crippen molar-refractivity contribution in [3.8, 4) is 17.1 Å². The fourth-order valence-corrected chi connectivity index (χ4v) is 5.94. The van der Waals surface area contributed by atoms with Gasteiger partial charge >= 0.3 is 5.97 Å². The van der Waals surface area contributed by atoms with Gasteiger partial charge in [0.25, 0.3) is 0 Å². The first-order valence-electron chi connectivity index (χ1n) is 13.2. The smallest absolute Gasteiger partial charge is 0.337 e. The number of carbonyl (C=O) groups is 1. The number of para-hydroxylation sites is 3. The first kappa shape index (κ1) is 23.9. The first-order valence-corrected chi connectivity index (χ1v) is 13.2. The molecule has 0 amide bonds. The number of nitrogens with zero attached hydrogens (tertiary/aromatic N) is 4. The van der Waals surface area contributed by atoms with Gasteiger partial charge in [0.15, 0.2) is 0 Å². The zero-order valence-corrected chi connectivity index (χ0v) is 22.4. The molecule has 0 radical (unpaired) electrons. The number of aromatic nitrogens is 5. The molecule has 0 saturated heterocycles. The molecule has 7 aromatic rings. The van der Waals surface area contributed by atoms with E-state index in [1.165, 1.54) is 5.56 Å². The Morgan fingerprint density at radius 1 is 0.925 bits per heavy atom. The van der Waals surface area contributed by atoms with Gasteiger partial charge in [-0.25, -0.2) is 14.8 Å². The van der Waals surface area contributed by atoms with Gasteiger partial charge in [-0.05, 0) is 79.4 Å². The van der Waals surface area contributed by atoms with Crippen LogP contribution >= 0.6 is 0 Å². The number of rotatable bonds is 5. The predicted octanol–water partition coefficient (Wildman–Crippen LogP) is 6.97. The molecule has 0 spiro atoms. The van der Waals surface area contributed by atoms with Crippen molar-refractivity contribution in [1.29, 1.82) is 0 Å². The van der Waals surface area contributed by atoms with Crippen molar-refractivity contribution in [1.82, 2.24) is 24.1 Å². The lowest BCUT2D eigenvalue weighted by Gasteiger charge is -2.15. The van der Waals surface area contributed by atoms with Crippen molar-refractivity contribution in [2.75, 3.05) is 0 Å². The van der Waals surface area contributed by atoms with Crippen LogP contribution in [0.25, 0.3) is 50.0 Å². The van der Waals surface area contributed by atoms with Crippen LogP contribution < -0.4 is 0 Å². The summed E-state index contributed by atoms with van der Waals surface area (Å²) in [5.41, 5.74) is 10.4. The Balaban J connectivity index is 1.43. The Bertz CT molecular complexity index is 2110. The number of imidazole rings is 2. The van der Waals surface area contributed by atoms with Crippen LogP contribution in [0.15, 0.2) is 85.1 Å². The summed E-state index contributed by atoms with van der Waals surface area (Å²) in [6.45, 7) is 4.12. The lowest BCUT2D eigenvalue weighted by atomic mass is 9.92. The van der Waals surface area contributed by atoms with Gasteiger partial charge in [-0.3, -0.25) is 0 Å². The van der Waals surface area contributed by atoms with Gasteiger partial charge in [-0.2, -0.15) is 0 Å². The van der Waals surface area contributed by atoms with E-state index in [0.29, 0.717) is 12.1 Å². The van der Waals surface area contributed by atoms with Crippen LogP contribution in [0, 0.1) is 13.8 Å². The van der Waals surface area contributed by atoms with Crippen LogP contribution in [0.3, 0.4) is 0 Å². The van der Waals surface area contributed by atoms with Crippen LogP contribution in [0.1, 0.15) is 32.9 Å². The number of carboxylic acid groups (broad SMARTS) is 1. The van der Waals surface area contributed by atoms with E-state index in [1.54, 1.807) is 12.1 Å². The number of fused-ring (bicyclic) bond motifs is 3. The summed E-state index contributed by atoms with van der Waals surface area (Å²) in [5, 5.41) is 10.9. The molecule has 7 rings (SSSR count). The summed E-state index contributed by atoms with van der Waals surface area (Å²) in [7, 11) is 2.06. The van der Waals surface area contributed by atoms with Gasteiger partial charge in [0.05, 0.1) is 38.8 Å². The molecule has 40 heavy (non-hydrogen) atoms. The third kappa shape index (κ3) is 3.62. The van der Waals surface area contributed by atoms with Crippen molar-refractivity contribution < 1.29 is 9.90 Å². The molecule has 0 aliphatic carbocycles. The van der Waals surface area contributed by atoms with Gasteiger partial charge in [-0.15, -0.1) is 0 Å². The maximum Gasteiger partial charge on any atom is 0.337 e. The molecule has 0 fully saturated rings. The summed E-state index contributed by atoms with van der Waals surface area (Å²) in [6.07, 6.45) is 2.63. The standard InChI is InChI=1S/C33H27N5O2/c1-19-24(17-21-9-8-14-28-22(21)15-16-38(28)29-12-6-4-10-23(29)33(39)40)25(18-27-31(19)35-20(2)34-27)32-36-26-11-5-7-13-30(26)37(32)3/h4-16,18H,17H2,1-3H3,(H,34,35)(H,39,40). The minimum absolute atomic E-state index is 0.268. The molecule has 7 nitrogen and oxygen atoms in total. The number of hydrogen-bond acceptors (Lipinski definition) is 3. The monoisotopic (exact) mass is 525 g/mol. The molecule has 4 aromatic carbocycles. The molecule has 0 aliphatic rings. The second-order valence-corrected chi connectivity index (χ2v) is 10.3. The molecule has 2 N–H and O–H groups in total. The van der Waals surface area contributed by atoms with E-state index < -0.39 is 5.97 Å². The number of nitrogens with one attached hydrogen (secondary N) is 1. The molecule has 0 bridgehead atoms. The van der Waals surface area contributed by atoms with Crippen LogP contribution in [0.2, 0.25) is 0 Å². The lowest BCUT2D eigenvalue weighted by molar-refractivity contribution is 0.0697. The van der Waals surface area contributed by atoms with Gasteiger partial charge in [0.2, 0.25) is 0 Å². The second kappa shape index (κ2) is 8.95. The maximum absolute atomic E-state index is 11.9. The van der Waals surface area contributed by atoms with Crippen molar-refractivity contribution in [2.24, 2.45) is 7.05 Å². The number of benzene rings is 4. The number of carboxylic acids is 1. The zero-order valence-electron chi connectivity index (χ0n) is 22.4. The topological polar surface area (TPSA) is 88.7 Å². The molecule has 0 saturated carbocycles. The minimum Gasteiger partial charge on any atom is -0.478 e. The summed E-state index contributed by atoms with van der Waals surface area (Å²) in [5.74, 6) is 0.843. The Morgan fingerprint density at radius 2 is 1.70 bits per heavy atom. The third-order valence-electron chi connectivity index (χ3n) is 7.88. The number of aryl methyl sites for hydroxylation is 3. The summed E-state index contributed by atoms with van der Waals surface area (Å²) in [6, 6.07) is 25.8. The van der Waals surface area contributed by atoms with Crippen molar-refractivity contribution in [3.05, 3.63) is 113 Å². The normalized spacial score (nSPS) is 11.7. The van der Waals surface area contributed by atoms with Crippen LogP contribution in [0.4, 0.5) is 0 Å². The average Bonchev–Trinajstić information content (AvgIpc) is 3.65. The molecule has 0 aliphatic heterocycles. The molecule has 0 unspecified atom stereocenters. The van der Waals surface area contributed by atoms with E-state index in [0.717, 1.165) is 61.3 Å². The van der Waals surface area contributed by atoms with Crippen molar-refractivity contribution in [2.45, 2.75) is 20.3 Å². The first-order chi connectivity index (χ1) is 19.4. The number of H-pyrrole nitrogens is 1. The van der Waals surface area contributed by atoms with E-state index in [4.69, 9.17) is 9.97 Å². The van der Waals surface area contributed by atoms with Crippen molar-refractivity contribution >= 4 is 38.9 Å². The Morgan fingerprint density at radius 3 is 2.52 bits per heavy atom. The van der Waals surface area contributed by atoms with Gasteiger partial charge in [-0.1, -0.05) is 36.4 Å². The summed E-state index contributed by atoms with van der Waals surface area (Å²) in [4.78, 5) is 25.2. The fourth-order valence-electron chi connectivity index (χ4n) is 5.94. The number of aromatic carboxylic acids is 1. The molecule has 196 valence electrons. The van der Waals surface area contributed by atoms with E-state index in [9.17, 15) is 9.90 Å². The highest BCUT2D eigenvalue weighted by Gasteiger charge is 2.21. The molecule has 3 heterocycles. The molecule has 3 aromatic heterocycles. The van der Waals surface area contributed by atoms with Crippen molar-refractivity contribution in [3.63, 3.8) is 0 Å². The quantitative estimate of drug-likeness (QED) is 0.254. The zero-order chi connectivity index (χ0) is 27.5. The third-order valence-corrected chi connectivity index (χ3v) is 7.88. The van der Waals surface area contributed by atoms with Gasteiger partial charge < -0.3 is 19.2 Å². The average molecular weight is 526 g/mol. The van der Waals surface area contributed by atoms with E-state index in [-0.39, 0.29) is 5.56 Å². The summed E-state index contributed by atoms with van der Waals surface area (Å²) < 4.78 is 4.12. The molecule has 7 heteroatoms. The van der Waals surface area contributed by atoms with Crippen LogP contribution in [-0.4, -0.2) is 35.2 Å². The van der Waals surface area contributed by atoms with Crippen LogP contribution in [0.5, 0.6) is 0 Å². The Labute approximate surface area is 230 Å². The SMILES string of the molecule is Cc1nc2c(C)c(Cc3cccc4c3ccn4-c3ccccc3C(=O)O)c(-c3nc4ccccc4n3C)cc2[nH]1. The number of hydrogen-bond donors (Lipinski definition) is 2. The van der Waals surface area contributed by atoms with E-state index >= 15 is 0 Å². The van der Waals surface area contributed by atoms with E-state index in [1.807, 2.05) is 60.2 Å². The fraction of sp³-hybridized carbons (Fsp3) is 0.121. The molecule has 0 atom stereocenters. The molecular weight excluding hydrogens is 498 g/mol. The van der Waals surface area contributed by atoms with Gasteiger partial charge in [0.1, 0.15) is 11.6 Å². The van der Waals surface area contributed by atoms with Gasteiger partial charge in [0, 0.05) is 24.2 Å². The summed E-state index contributed by atoms with van der Waals surface area (Å²) >= 11 is 0. The maximum atomic E-state index is 11.9. The lowest BCUT2D eigenvalue weighted by Crippen LogP contribution is -2.04. The molecular formula is C33H27N5O2. The minimum atomic E-state index is -0.945. The Kier molecular flexibility index (Phi) is 5.35. The number of aromatic amines is 1. The largest absolute Gasteiger partial charge is 0.478 e. The van der Waals surface area contributed by atoms with E-state index in [2.05, 4.69) is 47.8 Å². The predicted molar refractivity (Wildman–Crippen MR) is 158 cm³/mol. The Hall–Kier alpha value is -5.17. The highest BCUT2D eigenvalue weighted by atomic mass is 16.4.